The fourth-order valence-electron chi connectivity index (χ4n) is 1.78. The Morgan fingerprint density at radius 1 is 1.24 bits per heavy atom. The summed E-state index contributed by atoms with van der Waals surface area (Å²) in [5.41, 5.74) is 1.80. The molecule has 2 aromatic rings. The van der Waals surface area contributed by atoms with Gasteiger partial charge in [-0.1, -0.05) is 24.8 Å². The van der Waals surface area contributed by atoms with Crippen molar-refractivity contribution in [2.75, 3.05) is 11.9 Å². The molecule has 0 unspecified atom stereocenters. The maximum Gasteiger partial charge on any atom is 0.141 e. The highest BCUT2D eigenvalue weighted by Gasteiger charge is 2.02. The maximum absolute atomic E-state index is 13.2. The Kier molecular flexibility index (Phi) is 4.94. The van der Waals surface area contributed by atoms with E-state index in [1.54, 1.807) is 12.1 Å². The average Bonchev–Trinajstić information content (AvgIpc) is 2.53. The smallest absolute Gasteiger partial charge is 0.141 e. The Hall–Kier alpha value is -2.80. The summed E-state index contributed by atoms with van der Waals surface area (Å²) in [6.45, 7) is 4.65. The van der Waals surface area contributed by atoms with Crippen molar-refractivity contribution >= 4 is 5.69 Å². The first-order valence-electron chi connectivity index (χ1n) is 6.49. The molecular weight excluding hydrogens is 267 g/mol. The molecule has 0 saturated heterocycles. The van der Waals surface area contributed by atoms with Gasteiger partial charge in [0, 0.05) is 12.2 Å². The molecule has 0 radical (unpaired) electrons. The summed E-state index contributed by atoms with van der Waals surface area (Å²) in [6, 6.07) is 13.9. The summed E-state index contributed by atoms with van der Waals surface area (Å²) in [6.07, 6.45) is 1.69. The lowest BCUT2D eigenvalue weighted by Crippen LogP contribution is -2.00. The Labute approximate surface area is 123 Å². The van der Waals surface area contributed by atoms with E-state index in [1.807, 2.05) is 30.3 Å². The van der Waals surface area contributed by atoms with Gasteiger partial charge in [0.25, 0.3) is 0 Å². The predicted molar refractivity (Wildman–Crippen MR) is 80.6 cm³/mol. The molecule has 0 saturated carbocycles. The number of nitriles is 1. The number of anilines is 1. The number of halogens is 1. The summed E-state index contributed by atoms with van der Waals surface area (Å²) in [5.74, 6) is 0.277. The van der Waals surface area contributed by atoms with Crippen molar-refractivity contribution in [1.29, 1.82) is 5.26 Å². The average molecular weight is 282 g/mol. The Morgan fingerprint density at radius 3 is 2.67 bits per heavy atom. The van der Waals surface area contributed by atoms with Gasteiger partial charge in [-0.15, -0.1) is 0 Å². The van der Waals surface area contributed by atoms with Crippen molar-refractivity contribution < 1.29 is 9.13 Å². The van der Waals surface area contributed by atoms with E-state index in [9.17, 15) is 4.39 Å². The fourth-order valence-corrected chi connectivity index (χ4v) is 1.78. The van der Waals surface area contributed by atoms with E-state index in [4.69, 9.17) is 10.00 Å². The molecule has 0 amide bonds. The predicted octanol–water partition coefficient (Wildman–Crippen LogP) is 3.87. The van der Waals surface area contributed by atoms with Crippen molar-refractivity contribution in [1.82, 2.24) is 0 Å². The Morgan fingerprint density at radius 2 is 2.00 bits per heavy atom. The lowest BCUT2D eigenvalue weighted by molar-refractivity contribution is 0.363. The van der Waals surface area contributed by atoms with Gasteiger partial charge in [-0.05, 0) is 35.9 Å². The van der Waals surface area contributed by atoms with E-state index in [1.165, 1.54) is 12.1 Å². The first-order valence-corrected chi connectivity index (χ1v) is 6.49. The van der Waals surface area contributed by atoms with Crippen molar-refractivity contribution in [2.45, 2.75) is 6.54 Å². The molecule has 0 aliphatic carbocycles. The fraction of sp³-hybridized carbons (Fsp3) is 0.118. The van der Waals surface area contributed by atoms with Gasteiger partial charge < -0.3 is 10.1 Å². The molecule has 0 aliphatic heterocycles. The second-order valence-corrected chi connectivity index (χ2v) is 4.40. The summed E-state index contributed by atoms with van der Waals surface area (Å²) in [5, 5.41) is 11.9. The van der Waals surface area contributed by atoms with Crippen LogP contribution in [0.4, 0.5) is 10.1 Å². The number of hydrogen-bond donors (Lipinski definition) is 1. The molecule has 0 aliphatic rings. The van der Waals surface area contributed by atoms with Crippen molar-refractivity contribution in [3.05, 3.63) is 72.1 Å². The molecule has 0 aromatic heterocycles. The second-order valence-electron chi connectivity index (χ2n) is 4.40. The first-order chi connectivity index (χ1) is 10.2. The van der Waals surface area contributed by atoms with Crippen LogP contribution in [0.25, 0.3) is 0 Å². The second kappa shape index (κ2) is 7.11. The summed E-state index contributed by atoms with van der Waals surface area (Å²) < 4.78 is 18.6. The molecule has 3 nitrogen and oxygen atoms in total. The standard InChI is InChI=1S/C17H15FN2O/c1-2-9-21-16-6-3-13(4-7-16)12-20-15-5-8-17(18)14(10-15)11-19/h2-8,10,20H,1,9,12H2. The third-order valence-corrected chi connectivity index (χ3v) is 2.87. The zero-order chi connectivity index (χ0) is 15.1. The molecule has 2 aromatic carbocycles. The van der Waals surface area contributed by atoms with Gasteiger partial charge in [0.05, 0.1) is 5.56 Å². The van der Waals surface area contributed by atoms with Crippen molar-refractivity contribution in [3.63, 3.8) is 0 Å². The van der Waals surface area contributed by atoms with E-state index >= 15 is 0 Å². The van der Waals surface area contributed by atoms with Crippen LogP contribution in [0.5, 0.6) is 5.75 Å². The molecule has 0 atom stereocenters. The minimum atomic E-state index is -0.508. The topological polar surface area (TPSA) is 45.0 Å². The van der Waals surface area contributed by atoms with Gasteiger partial charge >= 0.3 is 0 Å². The van der Waals surface area contributed by atoms with Crippen molar-refractivity contribution in [3.8, 4) is 11.8 Å². The summed E-state index contributed by atoms with van der Waals surface area (Å²) >= 11 is 0. The van der Waals surface area contributed by atoms with Crippen molar-refractivity contribution in [2.24, 2.45) is 0 Å². The Bertz CT molecular complexity index is 659. The number of nitrogens with one attached hydrogen (secondary N) is 1. The normalized spacial score (nSPS) is 9.71. The van der Waals surface area contributed by atoms with Gasteiger partial charge in [-0.25, -0.2) is 4.39 Å². The highest BCUT2D eigenvalue weighted by molar-refractivity contribution is 5.50. The molecule has 4 heteroatoms. The molecule has 2 rings (SSSR count). The SMILES string of the molecule is C=CCOc1ccc(CNc2ccc(F)c(C#N)c2)cc1. The number of benzene rings is 2. The van der Waals surface area contributed by atoms with E-state index in [2.05, 4.69) is 11.9 Å². The molecule has 106 valence electrons. The van der Waals surface area contributed by atoms with E-state index < -0.39 is 5.82 Å². The van der Waals surface area contributed by atoms with Crippen LogP contribution in [0, 0.1) is 17.1 Å². The largest absolute Gasteiger partial charge is 0.490 e. The van der Waals surface area contributed by atoms with Crippen LogP contribution >= 0.6 is 0 Å². The molecular formula is C17H15FN2O. The maximum atomic E-state index is 13.2. The quantitative estimate of drug-likeness (QED) is 0.818. The van der Waals surface area contributed by atoms with E-state index in [-0.39, 0.29) is 5.56 Å². The molecule has 21 heavy (non-hydrogen) atoms. The zero-order valence-electron chi connectivity index (χ0n) is 11.5. The lowest BCUT2D eigenvalue weighted by atomic mass is 10.2. The number of nitrogens with zero attached hydrogens (tertiary/aromatic N) is 1. The summed E-state index contributed by atoms with van der Waals surface area (Å²) in [7, 11) is 0. The molecule has 0 bridgehead atoms. The lowest BCUT2D eigenvalue weighted by Gasteiger charge is -2.08. The number of ether oxygens (including phenoxy) is 1. The Balaban J connectivity index is 1.96. The van der Waals surface area contributed by atoms with Gasteiger partial charge in [-0.2, -0.15) is 5.26 Å². The van der Waals surface area contributed by atoms with Crippen LogP contribution in [-0.2, 0) is 6.54 Å². The van der Waals surface area contributed by atoms with Gasteiger partial charge in [0.15, 0.2) is 0 Å². The molecule has 0 spiro atoms. The first kappa shape index (κ1) is 14.6. The van der Waals surface area contributed by atoms with Crippen LogP contribution in [0.2, 0.25) is 0 Å². The molecule has 1 N–H and O–H groups in total. The minimum absolute atomic E-state index is 0.0353. The third kappa shape index (κ3) is 4.08. The number of hydrogen-bond acceptors (Lipinski definition) is 3. The van der Waals surface area contributed by atoms with Crippen LogP contribution in [0.1, 0.15) is 11.1 Å². The van der Waals surface area contributed by atoms with Crippen LogP contribution in [0.3, 0.4) is 0 Å². The summed E-state index contributed by atoms with van der Waals surface area (Å²) in [4.78, 5) is 0. The van der Waals surface area contributed by atoms with E-state index in [0.29, 0.717) is 18.8 Å². The third-order valence-electron chi connectivity index (χ3n) is 2.87. The van der Waals surface area contributed by atoms with Gasteiger partial charge in [0.2, 0.25) is 0 Å². The van der Waals surface area contributed by atoms with Crippen LogP contribution in [-0.4, -0.2) is 6.61 Å². The highest BCUT2D eigenvalue weighted by Crippen LogP contribution is 2.16. The molecule has 0 fully saturated rings. The van der Waals surface area contributed by atoms with Crippen LogP contribution in [0.15, 0.2) is 55.1 Å². The minimum Gasteiger partial charge on any atom is -0.490 e. The monoisotopic (exact) mass is 282 g/mol. The van der Waals surface area contributed by atoms with E-state index in [0.717, 1.165) is 11.3 Å². The van der Waals surface area contributed by atoms with Crippen LogP contribution < -0.4 is 10.1 Å². The molecule has 0 heterocycles. The van der Waals surface area contributed by atoms with Gasteiger partial charge in [0.1, 0.15) is 24.2 Å². The zero-order valence-corrected chi connectivity index (χ0v) is 11.5. The highest BCUT2D eigenvalue weighted by atomic mass is 19.1. The number of rotatable bonds is 6. The van der Waals surface area contributed by atoms with Gasteiger partial charge in [-0.3, -0.25) is 0 Å².